The zero-order valence-electron chi connectivity index (χ0n) is 15.0. The van der Waals surface area contributed by atoms with E-state index >= 15 is 0 Å². The van der Waals surface area contributed by atoms with E-state index in [4.69, 9.17) is 10.2 Å². The van der Waals surface area contributed by atoms with Gasteiger partial charge in [0.1, 0.15) is 6.26 Å². The SMILES string of the molecule is CN=C(NCc1ccc(C(N)=O)cc1)NCc1coc(-c2ccccc2)n1. The van der Waals surface area contributed by atoms with Crippen molar-refractivity contribution in [1.82, 2.24) is 15.6 Å². The fraction of sp³-hybridized carbons (Fsp3) is 0.150. The first-order valence-corrected chi connectivity index (χ1v) is 8.49. The monoisotopic (exact) mass is 363 g/mol. The van der Waals surface area contributed by atoms with Crippen LogP contribution in [-0.4, -0.2) is 23.9 Å². The van der Waals surface area contributed by atoms with Gasteiger partial charge in [-0.2, -0.15) is 0 Å². The van der Waals surface area contributed by atoms with E-state index in [1.165, 1.54) is 0 Å². The second kappa shape index (κ2) is 8.66. The Hall–Kier alpha value is -3.61. The summed E-state index contributed by atoms with van der Waals surface area (Å²) in [4.78, 5) is 19.8. The van der Waals surface area contributed by atoms with Gasteiger partial charge in [0.2, 0.25) is 11.8 Å². The standard InChI is InChI=1S/C20H21N5O2/c1-22-20(23-11-14-7-9-15(10-8-14)18(21)26)24-12-17-13-27-19(25-17)16-5-3-2-4-6-16/h2-10,13H,11-12H2,1H3,(H2,21,26)(H2,22,23,24). The average molecular weight is 363 g/mol. The number of rotatable bonds is 6. The van der Waals surface area contributed by atoms with Crippen LogP contribution in [0.25, 0.3) is 11.5 Å². The van der Waals surface area contributed by atoms with Crippen molar-refractivity contribution in [3.05, 3.63) is 77.7 Å². The molecule has 0 saturated heterocycles. The first kappa shape index (κ1) is 18.2. The lowest BCUT2D eigenvalue weighted by atomic mass is 10.1. The molecule has 3 rings (SSSR count). The van der Waals surface area contributed by atoms with E-state index in [1.807, 2.05) is 42.5 Å². The maximum atomic E-state index is 11.1. The number of nitrogens with one attached hydrogen (secondary N) is 2. The van der Waals surface area contributed by atoms with Gasteiger partial charge in [0.05, 0.1) is 12.2 Å². The number of nitrogens with zero attached hydrogens (tertiary/aromatic N) is 2. The van der Waals surface area contributed by atoms with Crippen molar-refractivity contribution < 1.29 is 9.21 Å². The van der Waals surface area contributed by atoms with Crippen molar-refractivity contribution in [2.24, 2.45) is 10.7 Å². The number of primary amides is 1. The number of hydrogen-bond acceptors (Lipinski definition) is 4. The molecular formula is C20H21N5O2. The third kappa shape index (κ3) is 4.94. The predicted octanol–water partition coefficient (Wildman–Crippen LogP) is 2.31. The number of aromatic nitrogens is 1. The first-order valence-electron chi connectivity index (χ1n) is 8.49. The molecule has 4 N–H and O–H groups in total. The molecule has 27 heavy (non-hydrogen) atoms. The lowest BCUT2D eigenvalue weighted by Crippen LogP contribution is -2.36. The summed E-state index contributed by atoms with van der Waals surface area (Å²) in [7, 11) is 1.70. The smallest absolute Gasteiger partial charge is 0.248 e. The number of amides is 1. The summed E-state index contributed by atoms with van der Waals surface area (Å²) < 4.78 is 5.53. The van der Waals surface area contributed by atoms with E-state index in [-0.39, 0.29) is 0 Å². The highest BCUT2D eigenvalue weighted by Crippen LogP contribution is 2.17. The Morgan fingerprint density at radius 2 is 1.78 bits per heavy atom. The van der Waals surface area contributed by atoms with Crippen LogP contribution in [0.15, 0.2) is 70.3 Å². The van der Waals surface area contributed by atoms with Gasteiger partial charge in [-0.1, -0.05) is 30.3 Å². The summed E-state index contributed by atoms with van der Waals surface area (Å²) in [6.45, 7) is 1.05. The fourth-order valence-electron chi connectivity index (χ4n) is 2.47. The summed E-state index contributed by atoms with van der Waals surface area (Å²) in [5.41, 5.74) is 8.46. The normalized spacial score (nSPS) is 11.2. The molecule has 0 fully saturated rings. The van der Waals surface area contributed by atoms with Crippen LogP contribution in [0.2, 0.25) is 0 Å². The zero-order chi connectivity index (χ0) is 19.1. The number of guanidine groups is 1. The van der Waals surface area contributed by atoms with E-state index in [2.05, 4.69) is 20.6 Å². The molecule has 0 bridgehead atoms. The van der Waals surface area contributed by atoms with Gasteiger partial charge in [0.15, 0.2) is 5.96 Å². The Balaban J connectivity index is 1.52. The molecule has 0 aliphatic heterocycles. The molecule has 0 atom stereocenters. The van der Waals surface area contributed by atoms with Crippen molar-refractivity contribution >= 4 is 11.9 Å². The molecule has 0 radical (unpaired) electrons. The maximum Gasteiger partial charge on any atom is 0.248 e. The molecule has 7 heteroatoms. The molecule has 0 aliphatic carbocycles. The van der Waals surface area contributed by atoms with E-state index < -0.39 is 5.91 Å². The Morgan fingerprint density at radius 1 is 1.07 bits per heavy atom. The number of benzene rings is 2. The molecule has 7 nitrogen and oxygen atoms in total. The lowest BCUT2D eigenvalue weighted by molar-refractivity contribution is 0.100. The molecular weight excluding hydrogens is 342 g/mol. The van der Waals surface area contributed by atoms with Crippen LogP contribution in [0.1, 0.15) is 21.6 Å². The largest absolute Gasteiger partial charge is 0.444 e. The Kier molecular flexibility index (Phi) is 5.84. The van der Waals surface area contributed by atoms with Crippen molar-refractivity contribution in [2.45, 2.75) is 13.1 Å². The molecule has 3 aromatic rings. The summed E-state index contributed by atoms with van der Waals surface area (Å²) in [6, 6.07) is 16.9. The molecule has 1 heterocycles. The zero-order valence-corrected chi connectivity index (χ0v) is 15.0. The summed E-state index contributed by atoms with van der Waals surface area (Å²) in [5.74, 6) is 0.789. The molecule has 2 aromatic carbocycles. The molecule has 138 valence electrons. The Labute approximate surface area is 157 Å². The van der Waals surface area contributed by atoms with Crippen molar-refractivity contribution in [2.75, 3.05) is 7.05 Å². The number of carbonyl (C=O) groups excluding carboxylic acids is 1. The minimum absolute atomic E-state index is 0.436. The summed E-state index contributed by atoms with van der Waals surface area (Å²) in [6.07, 6.45) is 1.63. The third-order valence-corrected chi connectivity index (χ3v) is 3.93. The second-order valence-electron chi connectivity index (χ2n) is 5.85. The predicted molar refractivity (Wildman–Crippen MR) is 104 cm³/mol. The van der Waals surface area contributed by atoms with E-state index in [0.29, 0.717) is 30.5 Å². The van der Waals surface area contributed by atoms with Gasteiger partial charge in [0.25, 0.3) is 0 Å². The summed E-state index contributed by atoms with van der Waals surface area (Å²) in [5, 5.41) is 6.40. The molecule has 0 spiro atoms. The number of aliphatic imine (C=N–C) groups is 1. The van der Waals surface area contributed by atoms with E-state index in [0.717, 1.165) is 16.8 Å². The first-order chi connectivity index (χ1) is 13.2. The van der Waals surface area contributed by atoms with Gasteiger partial charge in [-0.05, 0) is 29.8 Å². The van der Waals surface area contributed by atoms with Gasteiger partial charge in [-0.15, -0.1) is 0 Å². The minimum Gasteiger partial charge on any atom is -0.444 e. The maximum absolute atomic E-state index is 11.1. The lowest BCUT2D eigenvalue weighted by Gasteiger charge is -2.11. The molecule has 1 amide bonds. The van der Waals surface area contributed by atoms with Crippen molar-refractivity contribution in [3.8, 4) is 11.5 Å². The Bertz CT molecular complexity index is 917. The third-order valence-electron chi connectivity index (χ3n) is 3.93. The number of carbonyl (C=O) groups is 1. The fourth-order valence-corrected chi connectivity index (χ4v) is 2.47. The number of hydrogen-bond donors (Lipinski definition) is 3. The van der Waals surface area contributed by atoms with Gasteiger partial charge in [-0.3, -0.25) is 9.79 Å². The molecule has 1 aromatic heterocycles. The van der Waals surface area contributed by atoms with Crippen LogP contribution >= 0.6 is 0 Å². The van der Waals surface area contributed by atoms with Crippen LogP contribution in [0.3, 0.4) is 0 Å². The average Bonchev–Trinajstić information content (AvgIpc) is 3.18. The van der Waals surface area contributed by atoms with Crippen molar-refractivity contribution in [3.63, 3.8) is 0 Å². The Morgan fingerprint density at radius 3 is 2.44 bits per heavy atom. The van der Waals surface area contributed by atoms with Gasteiger partial charge < -0.3 is 20.8 Å². The van der Waals surface area contributed by atoms with Gasteiger partial charge in [-0.25, -0.2) is 4.98 Å². The van der Waals surface area contributed by atoms with E-state index in [9.17, 15) is 4.79 Å². The minimum atomic E-state index is -0.436. The van der Waals surface area contributed by atoms with Crippen LogP contribution in [0, 0.1) is 0 Å². The van der Waals surface area contributed by atoms with Crippen LogP contribution in [0.5, 0.6) is 0 Å². The number of oxazole rings is 1. The van der Waals surface area contributed by atoms with Gasteiger partial charge >= 0.3 is 0 Å². The van der Waals surface area contributed by atoms with Crippen LogP contribution in [0.4, 0.5) is 0 Å². The summed E-state index contributed by atoms with van der Waals surface area (Å²) >= 11 is 0. The quantitative estimate of drug-likeness (QED) is 0.460. The molecule has 0 aliphatic rings. The number of nitrogens with two attached hydrogens (primary N) is 1. The van der Waals surface area contributed by atoms with Crippen molar-refractivity contribution in [1.29, 1.82) is 0 Å². The van der Waals surface area contributed by atoms with E-state index in [1.54, 1.807) is 25.4 Å². The van der Waals surface area contributed by atoms with Crippen LogP contribution < -0.4 is 16.4 Å². The van der Waals surface area contributed by atoms with Gasteiger partial charge in [0, 0.05) is 24.7 Å². The van der Waals surface area contributed by atoms with Crippen LogP contribution in [-0.2, 0) is 13.1 Å². The second-order valence-corrected chi connectivity index (χ2v) is 5.85. The topological polar surface area (TPSA) is 106 Å². The molecule has 0 unspecified atom stereocenters. The highest BCUT2D eigenvalue weighted by atomic mass is 16.3. The molecule has 0 saturated carbocycles. The highest BCUT2D eigenvalue weighted by Gasteiger charge is 2.07. The highest BCUT2D eigenvalue weighted by molar-refractivity contribution is 5.92.